The number of hydrogen-bond donors (Lipinski definition) is 4. The van der Waals surface area contributed by atoms with Crippen molar-refractivity contribution in [2.45, 2.75) is 71.3 Å². The number of carboxylic acid groups (broad SMARTS) is 1. The molecule has 5 N–H and O–H groups in total. The van der Waals surface area contributed by atoms with Gasteiger partial charge in [0.05, 0.1) is 0 Å². The fourth-order valence-electron chi connectivity index (χ4n) is 4.50. The Labute approximate surface area is 233 Å². The molecule has 4 amide bonds. The molecular formula is C29H36N4O7. The van der Waals surface area contributed by atoms with Gasteiger partial charge in [-0.1, -0.05) is 75.4 Å². The van der Waals surface area contributed by atoms with Crippen molar-refractivity contribution in [2.75, 3.05) is 0 Å². The number of carboxylic acids is 1. The maximum atomic E-state index is 14.0. The smallest absolute Gasteiger partial charge is 0.408 e. The number of ether oxygens (including phenoxy) is 1. The molecule has 1 heterocycles. The second-order valence-electron chi connectivity index (χ2n) is 10.9. The third kappa shape index (κ3) is 8.05. The van der Waals surface area contributed by atoms with Crippen LogP contribution in [0.1, 0.15) is 50.3 Å². The van der Waals surface area contributed by atoms with Crippen molar-refractivity contribution in [3.63, 3.8) is 0 Å². The summed E-state index contributed by atoms with van der Waals surface area (Å²) in [5.41, 5.74) is 6.86. The van der Waals surface area contributed by atoms with Crippen molar-refractivity contribution in [3.05, 3.63) is 71.3 Å². The summed E-state index contributed by atoms with van der Waals surface area (Å²) < 4.78 is 5.34. The molecule has 3 rings (SSSR count). The number of nitrogens with two attached hydrogens (primary N) is 1. The zero-order valence-electron chi connectivity index (χ0n) is 22.9. The van der Waals surface area contributed by atoms with Gasteiger partial charge in [-0.25, -0.2) is 9.59 Å². The maximum absolute atomic E-state index is 14.0. The van der Waals surface area contributed by atoms with E-state index < -0.39 is 53.3 Å². The predicted octanol–water partition coefficient (Wildman–Crippen LogP) is 2.12. The van der Waals surface area contributed by atoms with Gasteiger partial charge in [-0.2, -0.15) is 0 Å². The number of rotatable bonds is 10. The number of carbonyl (C=O) groups is 5. The van der Waals surface area contributed by atoms with Crippen LogP contribution in [0.4, 0.5) is 4.79 Å². The first-order valence-electron chi connectivity index (χ1n) is 13.0. The number of aliphatic carboxylic acids is 1. The topological polar surface area (TPSA) is 168 Å². The monoisotopic (exact) mass is 552 g/mol. The van der Waals surface area contributed by atoms with Gasteiger partial charge in [0.25, 0.3) is 0 Å². The molecule has 11 heteroatoms. The van der Waals surface area contributed by atoms with E-state index in [-0.39, 0.29) is 32.4 Å². The Kier molecular flexibility index (Phi) is 9.87. The number of benzene rings is 2. The van der Waals surface area contributed by atoms with E-state index in [1.54, 1.807) is 20.8 Å². The molecule has 1 aliphatic heterocycles. The fraction of sp³-hybridized carbons (Fsp3) is 0.414. The molecular weight excluding hydrogens is 516 g/mol. The van der Waals surface area contributed by atoms with E-state index in [4.69, 9.17) is 10.5 Å². The lowest BCUT2D eigenvalue weighted by Gasteiger charge is -2.41. The number of nitrogens with zero attached hydrogens (tertiary/aromatic N) is 1. The average Bonchev–Trinajstić information content (AvgIpc) is 2.91. The van der Waals surface area contributed by atoms with Crippen LogP contribution >= 0.6 is 0 Å². The number of alkyl carbamates (subject to hydrolysis) is 1. The highest BCUT2D eigenvalue weighted by Gasteiger charge is 2.42. The highest BCUT2D eigenvalue weighted by atomic mass is 16.5. The van der Waals surface area contributed by atoms with Crippen LogP contribution < -0.4 is 16.4 Å². The molecule has 40 heavy (non-hydrogen) atoms. The van der Waals surface area contributed by atoms with Crippen molar-refractivity contribution in [1.82, 2.24) is 15.5 Å². The lowest BCUT2D eigenvalue weighted by molar-refractivity contribution is -0.147. The zero-order valence-corrected chi connectivity index (χ0v) is 22.9. The standard InChI is InChI=1S/C29H36N4O7/c1-29(2,3)24(32-28(39)40-17-18-9-5-4-6-10-18)26(36)33-16-20-12-8-7-11-19(20)15-22(33)25(35)31-21(27(37)38)13-14-23(30)34/h4-12,21-22,24H,13-17H2,1-3H3,(H2,30,34)(H,31,35)(H,32,39)(H,37,38)/t21-,22?,24-/m1/s1. The van der Waals surface area contributed by atoms with E-state index in [0.29, 0.717) is 0 Å². The minimum absolute atomic E-state index is 0.0156. The summed E-state index contributed by atoms with van der Waals surface area (Å²) in [5, 5.41) is 14.7. The molecule has 0 aromatic heterocycles. The summed E-state index contributed by atoms with van der Waals surface area (Å²) in [6, 6.07) is 13.0. The van der Waals surface area contributed by atoms with E-state index >= 15 is 0 Å². The molecule has 3 atom stereocenters. The summed E-state index contributed by atoms with van der Waals surface area (Å²) >= 11 is 0. The molecule has 214 valence electrons. The summed E-state index contributed by atoms with van der Waals surface area (Å²) in [6.07, 6.45) is -1.06. The Hall–Kier alpha value is -4.41. The van der Waals surface area contributed by atoms with Crippen LogP contribution in [0.2, 0.25) is 0 Å². The number of nitrogens with one attached hydrogen (secondary N) is 2. The van der Waals surface area contributed by atoms with Crippen LogP contribution in [0.15, 0.2) is 54.6 Å². The fourth-order valence-corrected chi connectivity index (χ4v) is 4.50. The predicted molar refractivity (Wildman–Crippen MR) is 145 cm³/mol. The summed E-state index contributed by atoms with van der Waals surface area (Å²) in [6.45, 7) is 5.44. The van der Waals surface area contributed by atoms with E-state index in [0.717, 1.165) is 16.7 Å². The second-order valence-corrected chi connectivity index (χ2v) is 10.9. The number of hydrogen-bond acceptors (Lipinski definition) is 6. The molecule has 2 aromatic carbocycles. The number of primary amides is 1. The van der Waals surface area contributed by atoms with Gasteiger partial charge < -0.3 is 31.1 Å². The molecule has 0 aliphatic carbocycles. The first-order valence-corrected chi connectivity index (χ1v) is 13.0. The summed E-state index contributed by atoms with van der Waals surface area (Å²) in [7, 11) is 0. The second kappa shape index (κ2) is 13.1. The van der Waals surface area contributed by atoms with E-state index in [1.165, 1.54) is 4.90 Å². The quantitative estimate of drug-likeness (QED) is 0.350. The van der Waals surface area contributed by atoms with Crippen LogP contribution in [0.3, 0.4) is 0 Å². The molecule has 2 aromatic rings. The lowest BCUT2D eigenvalue weighted by Crippen LogP contribution is -2.61. The molecule has 11 nitrogen and oxygen atoms in total. The van der Waals surface area contributed by atoms with Gasteiger partial charge in [-0.05, 0) is 28.5 Å². The van der Waals surface area contributed by atoms with Crippen LogP contribution in [0.25, 0.3) is 0 Å². The normalized spacial score (nSPS) is 16.2. The zero-order chi connectivity index (χ0) is 29.4. The molecule has 0 saturated heterocycles. The first kappa shape index (κ1) is 30.1. The Morgan fingerprint density at radius 3 is 2.23 bits per heavy atom. The van der Waals surface area contributed by atoms with Gasteiger partial charge in [-0.3, -0.25) is 14.4 Å². The first-order chi connectivity index (χ1) is 18.9. The molecule has 1 aliphatic rings. The highest BCUT2D eigenvalue weighted by Crippen LogP contribution is 2.28. The van der Waals surface area contributed by atoms with E-state index in [1.807, 2.05) is 54.6 Å². The molecule has 0 fully saturated rings. The van der Waals surface area contributed by atoms with Crippen LogP contribution in [-0.2, 0) is 43.5 Å². The maximum Gasteiger partial charge on any atom is 0.408 e. The van der Waals surface area contributed by atoms with Crippen molar-refractivity contribution in [3.8, 4) is 0 Å². The summed E-state index contributed by atoms with van der Waals surface area (Å²) in [4.78, 5) is 64.5. The lowest BCUT2D eigenvalue weighted by atomic mass is 9.84. The van der Waals surface area contributed by atoms with Gasteiger partial charge in [0.1, 0.15) is 24.7 Å². The third-order valence-corrected chi connectivity index (χ3v) is 6.72. The minimum Gasteiger partial charge on any atom is -0.480 e. The van der Waals surface area contributed by atoms with Gasteiger partial charge in [0.2, 0.25) is 17.7 Å². The number of carbonyl (C=O) groups excluding carboxylic acids is 4. The van der Waals surface area contributed by atoms with Crippen molar-refractivity contribution in [2.24, 2.45) is 11.1 Å². The van der Waals surface area contributed by atoms with Gasteiger partial charge >= 0.3 is 12.1 Å². The van der Waals surface area contributed by atoms with Gasteiger partial charge in [0, 0.05) is 19.4 Å². The third-order valence-electron chi connectivity index (χ3n) is 6.72. The largest absolute Gasteiger partial charge is 0.480 e. The Morgan fingerprint density at radius 2 is 1.62 bits per heavy atom. The number of fused-ring (bicyclic) bond motifs is 1. The van der Waals surface area contributed by atoms with Crippen molar-refractivity contribution < 1.29 is 33.8 Å². The Balaban J connectivity index is 1.84. The highest BCUT2D eigenvalue weighted by molar-refractivity contribution is 5.94. The van der Waals surface area contributed by atoms with E-state index in [9.17, 15) is 29.1 Å². The van der Waals surface area contributed by atoms with Crippen LogP contribution in [0, 0.1) is 5.41 Å². The Bertz CT molecular complexity index is 1240. The molecule has 0 saturated carbocycles. The van der Waals surface area contributed by atoms with Crippen molar-refractivity contribution >= 4 is 29.8 Å². The summed E-state index contributed by atoms with van der Waals surface area (Å²) in [5.74, 6) is -3.21. The van der Waals surface area contributed by atoms with Gasteiger partial charge in [-0.15, -0.1) is 0 Å². The Morgan fingerprint density at radius 1 is 1.00 bits per heavy atom. The molecule has 0 bridgehead atoms. The SMILES string of the molecule is CC(C)(C)[C@H](NC(=O)OCc1ccccc1)C(=O)N1Cc2ccccc2CC1C(=O)N[C@H](CCC(N)=O)C(=O)O. The van der Waals surface area contributed by atoms with Crippen LogP contribution in [0.5, 0.6) is 0 Å². The van der Waals surface area contributed by atoms with Crippen molar-refractivity contribution in [1.29, 1.82) is 0 Å². The van der Waals surface area contributed by atoms with Crippen LogP contribution in [-0.4, -0.2) is 57.9 Å². The van der Waals surface area contributed by atoms with Gasteiger partial charge in [0.15, 0.2) is 0 Å². The number of amides is 4. The molecule has 1 unspecified atom stereocenters. The average molecular weight is 553 g/mol. The van der Waals surface area contributed by atoms with E-state index in [2.05, 4.69) is 10.6 Å². The molecule has 0 radical (unpaired) electrons. The minimum atomic E-state index is -1.36. The molecule has 0 spiro atoms.